The predicted octanol–water partition coefficient (Wildman–Crippen LogP) is 1.97. The quantitative estimate of drug-likeness (QED) is 0.651. The largest absolute Gasteiger partial charge is 0.380 e. The van der Waals surface area contributed by atoms with Crippen LogP contribution in [0.15, 0.2) is 0 Å². The molecule has 0 bridgehead atoms. The molecule has 78 valence electrons. The molecule has 2 nitrogen and oxygen atoms in total. The maximum atomic E-state index is 5.66. The van der Waals surface area contributed by atoms with E-state index in [1.807, 2.05) is 7.11 Å². The van der Waals surface area contributed by atoms with Crippen molar-refractivity contribution in [1.82, 2.24) is 4.90 Å². The number of likely N-dealkylation sites (tertiary alicyclic amines) is 1. The first-order valence-electron chi connectivity index (χ1n) is 5.09. The maximum Gasteiger partial charge on any atom is 0.0724 e. The first-order chi connectivity index (χ1) is 6.27. The third kappa shape index (κ3) is 3.45. The monoisotopic (exact) mass is 205 g/mol. The Bertz CT molecular complexity index is 141. The minimum atomic E-state index is 0.420. The number of nitrogens with zero attached hydrogens (tertiary/aromatic N) is 1. The zero-order valence-corrected chi connectivity index (χ0v) is 9.39. The van der Waals surface area contributed by atoms with E-state index in [0.717, 1.165) is 25.4 Å². The molecule has 1 rings (SSSR count). The summed E-state index contributed by atoms with van der Waals surface area (Å²) in [6.45, 7) is 5.68. The van der Waals surface area contributed by atoms with Crippen LogP contribution in [0.3, 0.4) is 0 Å². The van der Waals surface area contributed by atoms with Gasteiger partial charge in [0.05, 0.1) is 6.10 Å². The lowest BCUT2D eigenvalue weighted by Gasteiger charge is -2.36. The van der Waals surface area contributed by atoms with Crippen LogP contribution in [-0.2, 0) is 4.74 Å². The number of halogens is 1. The molecule has 1 fully saturated rings. The molecule has 0 aromatic carbocycles. The Morgan fingerprint density at radius 2 is 2.31 bits per heavy atom. The van der Waals surface area contributed by atoms with Gasteiger partial charge >= 0.3 is 0 Å². The van der Waals surface area contributed by atoms with Crippen molar-refractivity contribution in [2.45, 2.75) is 25.9 Å². The standard InChI is InChI=1S/C10H20ClNO/c1-9-4-7-12(6-3-5-11)8-10(9)13-2/h9-10H,3-8H2,1-2H3. The Hall–Kier alpha value is 0.210. The topological polar surface area (TPSA) is 12.5 Å². The first-order valence-corrected chi connectivity index (χ1v) is 5.62. The molecular weight excluding hydrogens is 186 g/mol. The van der Waals surface area contributed by atoms with E-state index in [0.29, 0.717) is 12.0 Å². The van der Waals surface area contributed by atoms with Crippen molar-refractivity contribution in [3.05, 3.63) is 0 Å². The van der Waals surface area contributed by atoms with Gasteiger partial charge in [-0.1, -0.05) is 6.92 Å². The third-order valence-electron chi connectivity index (χ3n) is 2.88. The molecule has 0 aromatic heterocycles. The highest BCUT2D eigenvalue weighted by molar-refractivity contribution is 6.17. The highest BCUT2D eigenvalue weighted by Crippen LogP contribution is 2.19. The average molecular weight is 206 g/mol. The third-order valence-corrected chi connectivity index (χ3v) is 3.15. The Morgan fingerprint density at radius 3 is 2.92 bits per heavy atom. The summed E-state index contributed by atoms with van der Waals surface area (Å²) >= 11 is 5.66. The van der Waals surface area contributed by atoms with E-state index in [2.05, 4.69) is 11.8 Å². The Kier molecular flexibility index (Phi) is 5.07. The minimum absolute atomic E-state index is 0.420. The Labute approximate surface area is 86.2 Å². The van der Waals surface area contributed by atoms with E-state index in [9.17, 15) is 0 Å². The van der Waals surface area contributed by atoms with E-state index in [1.165, 1.54) is 13.0 Å². The fourth-order valence-corrected chi connectivity index (χ4v) is 2.01. The summed E-state index contributed by atoms with van der Waals surface area (Å²) in [5.41, 5.74) is 0. The molecule has 0 saturated carbocycles. The van der Waals surface area contributed by atoms with Crippen LogP contribution in [0.25, 0.3) is 0 Å². The van der Waals surface area contributed by atoms with Gasteiger partial charge < -0.3 is 9.64 Å². The molecule has 0 spiro atoms. The molecule has 1 aliphatic heterocycles. The summed E-state index contributed by atoms with van der Waals surface area (Å²) in [5.74, 6) is 1.47. The van der Waals surface area contributed by atoms with Gasteiger partial charge in [0.25, 0.3) is 0 Å². The van der Waals surface area contributed by atoms with Crippen LogP contribution < -0.4 is 0 Å². The lowest BCUT2D eigenvalue weighted by molar-refractivity contribution is -0.00469. The van der Waals surface area contributed by atoms with Gasteiger partial charge in [0.1, 0.15) is 0 Å². The average Bonchev–Trinajstić information content (AvgIpc) is 2.16. The van der Waals surface area contributed by atoms with Crippen molar-refractivity contribution in [3.8, 4) is 0 Å². The summed E-state index contributed by atoms with van der Waals surface area (Å²) in [5, 5.41) is 0. The van der Waals surface area contributed by atoms with E-state index in [-0.39, 0.29) is 0 Å². The lowest BCUT2D eigenvalue weighted by atomic mass is 9.96. The number of piperidine rings is 1. The molecule has 13 heavy (non-hydrogen) atoms. The summed E-state index contributed by atoms with van der Waals surface area (Å²) in [7, 11) is 1.81. The SMILES string of the molecule is COC1CN(CCCCl)CCC1C. The van der Waals surface area contributed by atoms with Crippen molar-refractivity contribution in [1.29, 1.82) is 0 Å². The molecule has 3 heteroatoms. The highest BCUT2D eigenvalue weighted by atomic mass is 35.5. The molecule has 0 aliphatic carbocycles. The lowest BCUT2D eigenvalue weighted by Crippen LogP contribution is -2.44. The predicted molar refractivity (Wildman–Crippen MR) is 56.4 cm³/mol. The van der Waals surface area contributed by atoms with Crippen molar-refractivity contribution in [2.24, 2.45) is 5.92 Å². The molecule has 0 aromatic rings. The number of hydrogen-bond acceptors (Lipinski definition) is 2. The molecule has 1 saturated heterocycles. The van der Waals surface area contributed by atoms with Crippen LogP contribution in [-0.4, -0.2) is 43.6 Å². The molecule has 1 aliphatic rings. The molecule has 2 unspecified atom stereocenters. The molecule has 1 heterocycles. The second kappa shape index (κ2) is 5.84. The smallest absolute Gasteiger partial charge is 0.0724 e. The number of alkyl halides is 1. The van der Waals surface area contributed by atoms with Crippen LogP contribution in [0.2, 0.25) is 0 Å². The van der Waals surface area contributed by atoms with Crippen LogP contribution in [0.1, 0.15) is 19.8 Å². The van der Waals surface area contributed by atoms with E-state index < -0.39 is 0 Å². The van der Waals surface area contributed by atoms with Crippen molar-refractivity contribution >= 4 is 11.6 Å². The normalized spacial score (nSPS) is 30.7. The molecule has 0 amide bonds. The maximum absolute atomic E-state index is 5.66. The van der Waals surface area contributed by atoms with E-state index in [1.54, 1.807) is 0 Å². The van der Waals surface area contributed by atoms with Crippen molar-refractivity contribution in [3.63, 3.8) is 0 Å². The van der Waals surface area contributed by atoms with Crippen molar-refractivity contribution in [2.75, 3.05) is 32.6 Å². The number of ether oxygens (including phenoxy) is 1. The van der Waals surface area contributed by atoms with Crippen LogP contribution >= 0.6 is 11.6 Å². The number of rotatable bonds is 4. The van der Waals surface area contributed by atoms with Gasteiger partial charge in [-0.2, -0.15) is 0 Å². The minimum Gasteiger partial charge on any atom is -0.380 e. The first kappa shape index (κ1) is 11.3. The molecule has 2 atom stereocenters. The summed E-state index contributed by atoms with van der Waals surface area (Å²) in [6.07, 6.45) is 2.76. The van der Waals surface area contributed by atoms with Crippen LogP contribution in [0.5, 0.6) is 0 Å². The molecule has 0 N–H and O–H groups in total. The van der Waals surface area contributed by atoms with Gasteiger partial charge in [-0.15, -0.1) is 11.6 Å². The van der Waals surface area contributed by atoms with Crippen molar-refractivity contribution < 1.29 is 4.74 Å². The summed E-state index contributed by atoms with van der Waals surface area (Å²) in [6, 6.07) is 0. The number of methoxy groups -OCH3 is 1. The zero-order chi connectivity index (χ0) is 9.68. The molecular formula is C10H20ClNO. The zero-order valence-electron chi connectivity index (χ0n) is 8.63. The van der Waals surface area contributed by atoms with Gasteiger partial charge in [-0.05, 0) is 31.8 Å². The van der Waals surface area contributed by atoms with Gasteiger partial charge in [0.15, 0.2) is 0 Å². The van der Waals surface area contributed by atoms with E-state index >= 15 is 0 Å². The highest BCUT2D eigenvalue weighted by Gasteiger charge is 2.25. The van der Waals surface area contributed by atoms with Gasteiger partial charge in [0.2, 0.25) is 0 Å². The second-order valence-electron chi connectivity index (χ2n) is 3.88. The number of hydrogen-bond donors (Lipinski definition) is 0. The van der Waals surface area contributed by atoms with E-state index in [4.69, 9.17) is 16.3 Å². The van der Waals surface area contributed by atoms with Crippen LogP contribution in [0, 0.1) is 5.92 Å². The fourth-order valence-electron chi connectivity index (χ4n) is 1.89. The second-order valence-corrected chi connectivity index (χ2v) is 4.26. The Balaban J connectivity index is 2.27. The van der Waals surface area contributed by atoms with Gasteiger partial charge in [-0.3, -0.25) is 0 Å². The molecule has 0 radical (unpaired) electrons. The van der Waals surface area contributed by atoms with Crippen LogP contribution in [0.4, 0.5) is 0 Å². The summed E-state index contributed by atoms with van der Waals surface area (Å²) < 4.78 is 5.44. The Morgan fingerprint density at radius 1 is 1.54 bits per heavy atom. The summed E-state index contributed by atoms with van der Waals surface area (Å²) in [4.78, 5) is 2.45. The van der Waals surface area contributed by atoms with Gasteiger partial charge in [0, 0.05) is 19.5 Å². The van der Waals surface area contributed by atoms with Gasteiger partial charge in [-0.25, -0.2) is 0 Å². The fraction of sp³-hybridized carbons (Fsp3) is 1.00.